The normalized spacial score (nSPS) is 15.8. The van der Waals surface area contributed by atoms with Crippen molar-refractivity contribution in [1.82, 2.24) is 10.2 Å². The molecule has 1 aliphatic carbocycles. The van der Waals surface area contributed by atoms with Gasteiger partial charge in [0.2, 0.25) is 5.91 Å². The van der Waals surface area contributed by atoms with Crippen LogP contribution in [0, 0.1) is 17.4 Å². The number of hydrogen-bond acceptors (Lipinski definition) is 5. The molecule has 0 aromatic heterocycles. The lowest BCUT2D eigenvalue weighted by atomic mass is 9.93. The Morgan fingerprint density at radius 2 is 1.86 bits per heavy atom. The molecule has 0 saturated heterocycles. The first-order chi connectivity index (χ1) is 13.5. The van der Waals surface area contributed by atoms with E-state index in [9.17, 15) is 24.4 Å². The molecule has 1 saturated carbocycles. The van der Waals surface area contributed by atoms with Gasteiger partial charge < -0.3 is 15.2 Å². The smallest absolute Gasteiger partial charge is 0.305 e. The molecule has 2 N–H and O–H groups in total. The first-order valence-electron chi connectivity index (χ1n) is 9.21. The highest BCUT2D eigenvalue weighted by atomic mass is 16.4. The molecule has 8 nitrogen and oxygen atoms in total. The monoisotopic (exact) mass is 385 g/mol. The van der Waals surface area contributed by atoms with Gasteiger partial charge in [0.1, 0.15) is 6.29 Å². The van der Waals surface area contributed by atoms with Crippen LogP contribution in [-0.2, 0) is 14.4 Å². The van der Waals surface area contributed by atoms with E-state index in [1.54, 1.807) is 30.3 Å². The molecule has 148 valence electrons. The molecule has 1 fully saturated rings. The Hall–Kier alpha value is -3.21. The van der Waals surface area contributed by atoms with Crippen LogP contribution >= 0.6 is 0 Å². The van der Waals surface area contributed by atoms with E-state index in [-0.39, 0.29) is 12.3 Å². The third-order valence-corrected chi connectivity index (χ3v) is 4.92. The Bertz CT molecular complexity index is 753. The van der Waals surface area contributed by atoms with Gasteiger partial charge in [-0.15, -0.1) is 0 Å². The van der Waals surface area contributed by atoms with Crippen molar-refractivity contribution in [3.8, 4) is 6.19 Å². The first-order valence-corrected chi connectivity index (χ1v) is 9.21. The Kier molecular flexibility index (Phi) is 7.69. The second-order valence-electron chi connectivity index (χ2n) is 6.87. The summed E-state index contributed by atoms with van der Waals surface area (Å²) in [6.45, 7) is 0. The van der Waals surface area contributed by atoms with E-state index < -0.39 is 36.3 Å². The van der Waals surface area contributed by atoms with Crippen LogP contribution in [0.2, 0.25) is 0 Å². The number of aldehydes is 1. The Balaban J connectivity index is 2.17. The minimum atomic E-state index is -1.21. The van der Waals surface area contributed by atoms with Crippen LogP contribution < -0.4 is 5.32 Å². The van der Waals surface area contributed by atoms with Gasteiger partial charge in [-0.2, -0.15) is 5.26 Å². The number of rotatable bonds is 9. The standard InChI is InChI=1S/C20H23N3O5/c21-13-23(20(28)15-8-2-1-3-9-15)17(14-6-4-5-7-14)11-18(25)22-16(12-24)10-19(26)27/h1-3,8-9,12,14,16-17H,4-7,10-11H2,(H,22,25)(H,26,27)/t16-,17?/m0/s1. The number of nitriles is 1. The maximum atomic E-state index is 12.8. The summed E-state index contributed by atoms with van der Waals surface area (Å²) >= 11 is 0. The van der Waals surface area contributed by atoms with E-state index in [2.05, 4.69) is 5.32 Å². The van der Waals surface area contributed by atoms with Crippen LogP contribution in [0.4, 0.5) is 0 Å². The number of carbonyl (C=O) groups excluding carboxylic acids is 3. The molecule has 2 atom stereocenters. The van der Waals surface area contributed by atoms with Crippen LogP contribution in [0.15, 0.2) is 30.3 Å². The highest BCUT2D eigenvalue weighted by Gasteiger charge is 2.35. The molecule has 1 aromatic rings. The molecule has 1 unspecified atom stereocenters. The van der Waals surface area contributed by atoms with Crippen LogP contribution in [-0.4, -0.2) is 46.2 Å². The molecule has 2 amide bonds. The van der Waals surface area contributed by atoms with Crippen molar-refractivity contribution in [2.45, 2.75) is 50.6 Å². The quantitative estimate of drug-likeness (QED) is 0.378. The number of amides is 2. The summed E-state index contributed by atoms with van der Waals surface area (Å²) in [5.41, 5.74) is 0.351. The molecule has 2 rings (SSSR count). The Morgan fingerprint density at radius 3 is 2.39 bits per heavy atom. The summed E-state index contributed by atoms with van der Waals surface area (Å²) in [6.07, 6.45) is 5.11. The minimum Gasteiger partial charge on any atom is -0.481 e. The topological polar surface area (TPSA) is 128 Å². The number of hydrogen-bond donors (Lipinski definition) is 2. The zero-order chi connectivity index (χ0) is 20.5. The summed E-state index contributed by atoms with van der Waals surface area (Å²) < 4.78 is 0. The summed E-state index contributed by atoms with van der Waals surface area (Å²) in [5.74, 6) is -2.25. The van der Waals surface area contributed by atoms with E-state index in [0.29, 0.717) is 11.8 Å². The van der Waals surface area contributed by atoms with E-state index in [1.807, 2.05) is 6.19 Å². The van der Waals surface area contributed by atoms with E-state index in [1.165, 1.54) is 0 Å². The highest BCUT2D eigenvalue weighted by molar-refractivity contribution is 5.95. The van der Waals surface area contributed by atoms with E-state index in [4.69, 9.17) is 5.11 Å². The van der Waals surface area contributed by atoms with Crippen molar-refractivity contribution in [1.29, 1.82) is 5.26 Å². The molecular formula is C20H23N3O5. The molecule has 1 aliphatic rings. The highest BCUT2D eigenvalue weighted by Crippen LogP contribution is 2.32. The van der Waals surface area contributed by atoms with Gasteiger partial charge in [-0.05, 0) is 30.9 Å². The lowest BCUT2D eigenvalue weighted by molar-refractivity contribution is -0.138. The molecule has 0 bridgehead atoms. The number of aliphatic carboxylic acids is 1. The third-order valence-electron chi connectivity index (χ3n) is 4.92. The molecule has 8 heteroatoms. The van der Waals surface area contributed by atoms with Crippen LogP contribution in [0.5, 0.6) is 0 Å². The van der Waals surface area contributed by atoms with Crippen LogP contribution in [0.25, 0.3) is 0 Å². The zero-order valence-electron chi connectivity index (χ0n) is 15.4. The van der Waals surface area contributed by atoms with Gasteiger partial charge in [-0.1, -0.05) is 31.0 Å². The second-order valence-corrected chi connectivity index (χ2v) is 6.87. The molecular weight excluding hydrogens is 362 g/mol. The van der Waals surface area contributed by atoms with Gasteiger partial charge in [0.05, 0.1) is 18.5 Å². The van der Waals surface area contributed by atoms with Crippen LogP contribution in [0.3, 0.4) is 0 Å². The maximum absolute atomic E-state index is 12.8. The average molecular weight is 385 g/mol. The van der Waals surface area contributed by atoms with Crippen molar-refractivity contribution in [2.24, 2.45) is 5.92 Å². The van der Waals surface area contributed by atoms with Crippen molar-refractivity contribution < 1.29 is 24.3 Å². The third kappa shape index (κ3) is 5.64. The van der Waals surface area contributed by atoms with Crippen LogP contribution in [0.1, 0.15) is 48.9 Å². The number of carboxylic acids is 1. The number of nitrogens with zero attached hydrogens (tertiary/aromatic N) is 2. The fourth-order valence-electron chi connectivity index (χ4n) is 3.58. The van der Waals surface area contributed by atoms with Gasteiger partial charge in [0.25, 0.3) is 5.91 Å². The predicted octanol–water partition coefficient (Wildman–Crippen LogP) is 1.72. The van der Waals surface area contributed by atoms with Crippen molar-refractivity contribution in [3.63, 3.8) is 0 Å². The summed E-state index contributed by atoms with van der Waals surface area (Å²) in [5, 5.41) is 20.8. The molecule has 1 aromatic carbocycles. The summed E-state index contributed by atoms with van der Waals surface area (Å²) in [4.78, 5) is 48.1. The number of carbonyl (C=O) groups is 4. The molecule has 0 heterocycles. The van der Waals surface area contributed by atoms with Gasteiger partial charge >= 0.3 is 5.97 Å². The molecule has 28 heavy (non-hydrogen) atoms. The van der Waals surface area contributed by atoms with Crippen molar-refractivity contribution in [3.05, 3.63) is 35.9 Å². The Morgan fingerprint density at radius 1 is 1.21 bits per heavy atom. The van der Waals surface area contributed by atoms with Gasteiger partial charge in [-0.3, -0.25) is 14.4 Å². The summed E-state index contributed by atoms with van der Waals surface area (Å²) in [7, 11) is 0. The molecule has 0 spiro atoms. The Labute approximate surface area is 163 Å². The lowest BCUT2D eigenvalue weighted by Crippen LogP contribution is -2.46. The van der Waals surface area contributed by atoms with Gasteiger partial charge in [0, 0.05) is 12.0 Å². The second kappa shape index (κ2) is 10.2. The van der Waals surface area contributed by atoms with E-state index in [0.717, 1.165) is 30.6 Å². The van der Waals surface area contributed by atoms with Gasteiger partial charge in [0.15, 0.2) is 6.19 Å². The fraction of sp³-hybridized carbons (Fsp3) is 0.450. The average Bonchev–Trinajstić information content (AvgIpc) is 3.22. The van der Waals surface area contributed by atoms with E-state index >= 15 is 0 Å². The lowest BCUT2D eigenvalue weighted by Gasteiger charge is -2.30. The van der Waals surface area contributed by atoms with Crippen molar-refractivity contribution in [2.75, 3.05) is 0 Å². The van der Waals surface area contributed by atoms with Gasteiger partial charge in [-0.25, -0.2) is 4.90 Å². The molecule has 0 aliphatic heterocycles. The fourth-order valence-corrected chi connectivity index (χ4v) is 3.58. The number of carboxylic acid groups (broad SMARTS) is 1. The predicted molar refractivity (Wildman–Crippen MR) is 98.8 cm³/mol. The first kappa shape index (κ1) is 21.1. The zero-order valence-corrected chi connectivity index (χ0v) is 15.4. The maximum Gasteiger partial charge on any atom is 0.305 e. The largest absolute Gasteiger partial charge is 0.481 e. The molecule has 0 radical (unpaired) electrons. The SMILES string of the molecule is N#CN(C(=O)c1ccccc1)C(CC(=O)N[C@H](C=O)CC(=O)O)C1CCCC1. The number of nitrogens with one attached hydrogen (secondary N) is 1. The van der Waals surface area contributed by atoms with Crippen molar-refractivity contribution >= 4 is 24.1 Å². The minimum absolute atomic E-state index is 0.00721. The number of benzene rings is 1. The summed E-state index contributed by atoms with van der Waals surface area (Å²) in [6, 6.07) is 6.58.